The Kier molecular flexibility index (Phi) is 6.24. The van der Waals surface area contributed by atoms with Crippen LogP contribution in [0.2, 0.25) is 0 Å². The molecule has 2 heterocycles. The molecule has 0 saturated carbocycles. The van der Waals surface area contributed by atoms with E-state index in [1.54, 1.807) is 36.7 Å². The average Bonchev–Trinajstić information content (AvgIpc) is 3.26. The number of carbonyl (C=O) groups is 1. The second-order valence-corrected chi connectivity index (χ2v) is 9.86. The molecule has 0 saturated heterocycles. The van der Waals surface area contributed by atoms with Crippen LogP contribution in [0, 0.1) is 6.92 Å². The van der Waals surface area contributed by atoms with Crippen molar-refractivity contribution >= 4 is 38.1 Å². The van der Waals surface area contributed by atoms with E-state index in [2.05, 4.69) is 25.2 Å². The summed E-state index contributed by atoms with van der Waals surface area (Å²) >= 11 is 0.780. The maximum atomic E-state index is 12.7. The Bertz CT molecular complexity index is 1320. The highest BCUT2D eigenvalue weighted by Gasteiger charge is 2.21. The molecule has 0 atom stereocenters. The van der Waals surface area contributed by atoms with Crippen LogP contribution in [0.15, 0.2) is 77.4 Å². The SMILES string of the molecule is Cc1ccc(C(=O)Nc2nnc(S(=O)(=O)Nc3ccc(Cc4ccncc4)cc3)s2)cc1. The van der Waals surface area contributed by atoms with Gasteiger partial charge in [-0.15, -0.1) is 10.2 Å². The van der Waals surface area contributed by atoms with Gasteiger partial charge in [0.1, 0.15) is 0 Å². The second-order valence-electron chi connectivity index (χ2n) is 7.03. The standard InChI is InChI=1S/C22H19N5O3S2/c1-15-2-6-18(7-3-15)20(28)24-21-25-26-22(31-21)32(29,30)27-19-8-4-16(5-9-19)14-17-10-12-23-13-11-17/h2-13,27H,14H2,1H3,(H,24,25,28). The van der Waals surface area contributed by atoms with E-state index < -0.39 is 10.0 Å². The first-order valence-electron chi connectivity index (χ1n) is 9.61. The van der Waals surface area contributed by atoms with Gasteiger partial charge >= 0.3 is 0 Å². The third-order valence-corrected chi connectivity index (χ3v) is 7.12. The highest BCUT2D eigenvalue weighted by atomic mass is 32.2. The van der Waals surface area contributed by atoms with Crippen LogP contribution >= 0.6 is 11.3 Å². The number of nitrogens with zero attached hydrogens (tertiary/aromatic N) is 3. The van der Waals surface area contributed by atoms with Crippen molar-refractivity contribution in [3.63, 3.8) is 0 Å². The smallest absolute Gasteiger partial charge is 0.291 e. The predicted octanol–water partition coefficient (Wildman–Crippen LogP) is 3.89. The van der Waals surface area contributed by atoms with Crippen molar-refractivity contribution in [2.75, 3.05) is 10.0 Å². The van der Waals surface area contributed by atoms with Gasteiger partial charge in [0, 0.05) is 23.6 Å². The Balaban J connectivity index is 1.41. The Labute approximate surface area is 189 Å². The van der Waals surface area contributed by atoms with Gasteiger partial charge in [-0.2, -0.15) is 8.42 Å². The van der Waals surface area contributed by atoms with Crippen molar-refractivity contribution in [2.24, 2.45) is 0 Å². The van der Waals surface area contributed by atoms with E-state index in [0.29, 0.717) is 11.3 Å². The number of amides is 1. The van der Waals surface area contributed by atoms with Gasteiger partial charge in [0.25, 0.3) is 20.3 Å². The number of rotatable bonds is 7. The molecule has 0 aliphatic rings. The fourth-order valence-corrected chi connectivity index (χ4v) is 4.82. The molecule has 2 aromatic heterocycles. The van der Waals surface area contributed by atoms with Crippen molar-refractivity contribution in [1.82, 2.24) is 15.2 Å². The molecule has 10 heteroatoms. The lowest BCUT2D eigenvalue weighted by Gasteiger charge is -2.07. The van der Waals surface area contributed by atoms with Crippen LogP contribution in [0.4, 0.5) is 10.8 Å². The Morgan fingerprint density at radius 3 is 2.25 bits per heavy atom. The summed E-state index contributed by atoms with van der Waals surface area (Å²) in [5.74, 6) is -0.386. The number of aromatic nitrogens is 3. The van der Waals surface area contributed by atoms with Crippen LogP contribution in [-0.4, -0.2) is 29.5 Å². The van der Waals surface area contributed by atoms with Crippen LogP contribution in [0.25, 0.3) is 0 Å². The molecule has 0 unspecified atom stereocenters. The summed E-state index contributed by atoms with van der Waals surface area (Å²) in [6.07, 6.45) is 4.19. The topological polar surface area (TPSA) is 114 Å². The lowest BCUT2D eigenvalue weighted by Crippen LogP contribution is -2.12. The van der Waals surface area contributed by atoms with Crippen molar-refractivity contribution in [2.45, 2.75) is 17.7 Å². The molecule has 0 aliphatic carbocycles. The van der Waals surface area contributed by atoms with E-state index in [0.717, 1.165) is 34.4 Å². The Hall–Kier alpha value is -3.63. The monoisotopic (exact) mass is 465 g/mol. The maximum Gasteiger partial charge on any atom is 0.291 e. The molecule has 0 radical (unpaired) electrons. The fourth-order valence-electron chi connectivity index (χ4n) is 2.87. The predicted molar refractivity (Wildman–Crippen MR) is 123 cm³/mol. The van der Waals surface area contributed by atoms with E-state index in [-0.39, 0.29) is 15.4 Å². The number of carbonyl (C=O) groups excluding carboxylic acids is 1. The number of hydrogen-bond acceptors (Lipinski definition) is 7. The number of nitrogens with one attached hydrogen (secondary N) is 2. The summed E-state index contributed by atoms with van der Waals surface area (Å²) in [6, 6.07) is 17.9. The third-order valence-electron chi connectivity index (χ3n) is 4.53. The van der Waals surface area contributed by atoms with Crippen molar-refractivity contribution in [1.29, 1.82) is 0 Å². The summed E-state index contributed by atoms with van der Waals surface area (Å²) in [6.45, 7) is 1.92. The molecular formula is C22H19N5O3S2. The minimum absolute atomic E-state index is 0.101. The molecule has 4 aromatic rings. The average molecular weight is 466 g/mol. The van der Waals surface area contributed by atoms with Crippen LogP contribution in [0.5, 0.6) is 0 Å². The zero-order valence-corrected chi connectivity index (χ0v) is 18.7. The number of sulfonamides is 1. The number of hydrogen-bond donors (Lipinski definition) is 2. The normalized spacial score (nSPS) is 11.2. The molecule has 2 N–H and O–H groups in total. The van der Waals surface area contributed by atoms with Crippen molar-refractivity contribution < 1.29 is 13.2 Å². The number of pyridine rings is 1. The number of aryl methyl sites for hydroxylation is 1. The van der Waals surface area contributed by atoms with Crippen LogP contribution in [-0.2, 0) is 16.4 Å². The van der Waals surface area contributed by atoms with Gasteiger partial charge in [0.15, 0.2) is 0 Å². The Morgan fingerprint density at radius 2 is 1.56 bits per heavy atom. The summed E-state index contributed by atoms with van der Waals surface area (Å²) in [5, 5.41) is 10.2. The molecule has 0 aliphatic heterocycles. The van der Waals surface area contributed by atoms with Crippen LogP contribution in [0.1, 0.15) is 27.0 Å². The fraction of sp³-hybridized carbons (Fsp3) is 0.0909. The van der Waals surface area contributed by atoms with Crippen molar-refractivity contribution in [3.05, 3.63) is 95.3 Å². The maximum absolute atomic E-state index is 12.7. The summed E-state index contributed by atoms with van der Waals surface area (Å²) in [7, 11) is -3.93. The van der Waals surface area contributed by atoms with Crippen molar-refractivity contribution in [3.8, 4) is 0 Å². The van der Waals surface area contributed by atoms with Gasteiger partial charge < -0.3 is 0 Å². The zero-order valence-electron chi connectivity index (χ0n) is 17.0. The first-order chi connectivity index (χ1) is 15.4. The molecular weight excluding hydrogens is 446 g/mol. The van der Waals surface area contributed by atoms with Gasteiger partial charge in [-0.25, -0.2) is 0 Å². The zero-order chi connectivity index (χ0) is 22.6. The van der Waals surface area contributed by atoms with E-state index in [4.69, 9.17) is 0 Å². The third kappa shape index (κ3) is 5.34. The van der Waals surface area contributed by atoms with E-state index in [9.17, 15) is 13.2 Å². The highest BCUT2D eigenvalue weighted by molar-refractivity contribution is 7.94. The molecule has 8 nitrogen and oxygen atoms in total. The van der Waals surface area contributed by atoms with Crippen LogP contribution in [0.3, 0.4) is 0 Å². The first-order valence-corrected chi connectivity index (χ1v) is 11.9. The minimum Gasteiger partial charge on any atom is -0.296 e. The van der Waals surface area contributed by atoms with E-state index >= 15 is 0 Å². The van der Waals surface area contributed by atoms with Gasteiger partial charge in [0.05, 0.1) is 0 Å². The molecule has 2 aromatic carbocycles. The van der Waals surface area contributed by atoms with E-state index in [1.165, 1.54) is 0 Å². The highest BCUT2D eigenvalue weighted by Crippen LogP contribution is 2.23. The molecule has 0 bridgehead atoms. The second kappa shape index (κ2) is 9.25. The Morgan fingerprint density at radius 1 is 0.906 bits per heavy atom. The summed E-state index contributed by atoms with van der Waals surface area (Å²) < 4.78 is 27.6. The molecule has 0 spiro atoms. The van der Waals surface area contributed by atoms with Gasteiger partial charge in [-0.1, -0.05) is 41.2 Å². The van der Waals surface area contributed by atoms with E-state index in [1.807, 2.05) is 43.3 Å². The van der Waals surface area contributed by atoms with Gasteiger partial charge in [-0.3, -0.25) is 19.8 Å². The minimum atomic E-state index is -3.93. The number of anilines is 2. The van der Waals surface area contributed by atoms with Crippen LogP contribution < -0.4 is 10.0 Å². The first kappa shape index (κ1) is 21.6. The molecule has 0 fully saturated rings. The molecule has 162 valence electrons. The van der Waals surface area contributed by atoms with Gasteiger partial charge in [0.2, 0.25) is 5.13 Å². The largest absolute Gasteiger partial charge is 0.296 e. The lowest BCUT2D eigenvalue weighted by atomic mass is 10.1. The molecule has 1 amide bonds. The lowest BCUT2D eigenvalue weighted by molar-refractivity contribution is 0.102. The quantitative estimate of drug-likeness (QED) is 0.400. The molecule has 4 rings (SSSR count). The number of benzene rings is 2. The molecule has 32 heavy (non-hydrogen) atoms. The summed E-state index contributed by atoms with van der Waals surface area (Å²) in [5.41, 5.74) is 4.03. The van der Waals surface area contributed by atoms with Gasteiger partial charge in [-0.05, 0) is 60.9 Å². The summed E-state index contributed by atoms with van der Waals surface area (Å²) in [4.78, 5) is 16.3.